The van der Waals surface area contributed by atoms with E-state index >= 15 is 0 Å². The topological polar surface area (TPSA) is 55.7 Å². The molecule has 2 rings (SSSR count). The minimum absolute atomic E-state index is 0.121. The first kappa shape index (κ1) is 22.4. The van der Waals surface area contributed by atoms with Crippen molar-refractivity contribution in [2.45, 2.75) is 97.0 Å². The van der Waals surface area contributed by atoms with Crippen molar-refractivity contribution in [2.75, 3.05) is 13.1 Å². The van der Waals surface area contributed by atoms with Crippen LogP contribution in [0.25, 0.3) is 0 Å². The van der Waals surface area contributed by atoms with E-state index in [1.54, 1.807) is 0 Å². The molecule has 4 atom stereocenters. The third-order valence-electron chi connectivity index (χ3n) is 6.80. The lowest BCUT2D eigenvalue weighted by Crippen LogP contribution is -2.60. The number of alkyl halides is 1. The van der Waals surface area contributed by atoms with Crippen LogP contribution in [0.3, 0.4) is 0 Å². The summed E-state index contributed by atoms with van der Waals surface area (Å²) in [4.78, 5) is 2.23. The highest BCUT2D eigenvalue weighted by Crippen LogP contribution is 2.45. The number of hydrogen-bond acceptors (Lipinski definition) is 4. The Morgan fingerprint density at radius 3 is 2.23 bits per heavy atom. The smallest absolute Gasteiger partial charge is 0.123 e. The van der Waals surface area contributed by atoms with Crippen LogP contribution in [0.5, 0.6) is 0 Å². The number of aliphatic hydroxyl groups is 2. The van der Waals surface area contributed by atoms with Gasteiger partial charge in [-0.05, 0) is 61.7 Å². The van der Waals surface area contributed by atoms with Crippen LogP contribution in [-0.2, 0) is 0 Å². The molecule has 2 aliphatic rings. The Morgan fingerprint density at radius 2 is 1.73 bits per heavy atom. The summed E-state index contributed by atoms with van der Waals surface area (Å²) < 4.78 is 0. The second kappa shape index (κ2) is 9.56. The van der Waals surface area contributed by atoms with Crippen LogP contribution < -0.4 is 5.32 Å². The molecular weight excluding hydrogens is 348 g/mol. The number of hydrogen-bond donors (Lipinski definition) is 3. The molecular formula is C21H41ClN2O2. The Hall–Kier alpha value is 0.130. The first-order valence-electron chi connectivity index (χ1n) is 10.7. The van der Waals surface area contributed by atoms with Crippen molar-refractivity contribution >= 4 is 11.6 Å². The molecule has 26 heavy (non-hydrogen) atoms. The van der Waals surface area contributed by atoms with Gasteiger partial charge in [-0.3, -0.25) is 10.2 Å². The summed E-state index contributed by atoms with van der Waals surface area (Å²) in [5.41, 5.74) is 0.188. The normalized spacial score (nSPS) is 33.8. The van der Waals surface area contributed by atoms with E-state index in [2.05, 4.69) is 37.9 Å². The van der Waals surface area contributed by atoms with Crippen molar-refractivity contribution < 1.29 is 10.2 Å². The fourth-order valence-corrected chi connectivity index (χ4v) is 5.44. The summed E-state index contributed by atoms with van der Waals surface area (Å²) in [7, 11) is 0. The lowest BCUT2D eigenvalue weighted by Gasteiger charge is -2.51. The van der Waals surface area contributed by atoms with Gasteiger partial charge in [-0.2, -0.15) is 0 Å². The zero-order valence-electron chi connectivity index (χ0n) is 17.4. The molecule has 0 aromatic rings. The number of rotatable bonds is 7. The van der Waals surface area contributed by atoms with Crippen molar-refractivity contribution in [1.29, 1.82) is 0 Å². The van der Waals surface area contributed by atoms with Gasteiger partial charge in [0.05, 0.1) is 6.04 Å². The van der Waals surface area contributed by atoms with Gasteiger partial charge in [0.15, 0.2) is 0 Å². The average molecular weight is 389 g/mol. The molecule has 1 saturated heterocycles. The summed E-state index contributed by atoms with van der Waals surface area (Å²) >= 11 is 6.31. The summed E-state index contributed by atoms with van der Waals surface area (Å²) in [6, 6.07) is -0.121. The monoisotopic (exact) mass is 388 g/mol. The molecule has 1 aliphatic carbocycles. The average Bonchev–Trinajstić information content (AvgIpc) is 2.58. The first-order valence-corrected chi connectivity index (χ1v) is 11.1. The Labute approximate surface area is 165 Å². The first-order chi connectivity index (χ1) is 12.2. The Morgan fingerprint density at radius 1 is 1.12 bits per heavy atom. The van der Waals surface area contributed by atoms with Gasteiger partial charge >= 0.3 is 0 Å². The number of likely N-dealkylation sites (tertiary alicyclic amines) is 1. The SMILES string of the molecule is CCC(O)N[C@H](C(C)C)C(O)N1CCC(C2CCC(Cl)CC2)C(C)(C)C1. The maximum absolute atomic E-state index is 11.0. The molecule has 3 N–H and O–H groups in total. The molecule has 1 heterocycles. The van der Waals surface area contributed by atoms with Crippen LogP contribution in [0.2, 0.25) is 0 Å². The molecule has 0 aromatic carbocycles. The zero-order valence-corrected chi connectivity index (χ0v) is 18.2. The van der Waals surface area contributed by atoms with Crippen molar-refractivity contribution in [3.05, 3.63) is 0 Å². The van der Waals surface area contributed by atoms with Crippen LogP contribution in [0.4, 0.5) is 0 Å². The highest BCUT2D eigenvalue weighted by molar-refractivity contribution is 6.20. The minimum Gasteiger partial charge on any atom is -0.379 e. The fraction of sp³-hybridized carbons (Fsp3) is 1.00. The molecule has 0 radical (unpaired) electrons. The largest absolute Gasteiger partial charge is 0.379 e. The number of halogens is 1. The predicted octanol–water partition coefficient (Wildman–Crippen LogP) is 3.79. The molecule has 4 nitrogen and oxygen atoms in total. The van der Waals surface area contributed by atoms with E-state index in [1.807, 2.05) is 6.92 Å². The number of piperidine rings is 1. The second-order valence-electron chi connectivity index (χ2n) is 9.64. The second-order valence-corrected chi connectivity index (χ2v) is 10.3. The third kappa shape index (κ3) is 5.57. The highest BCUT2D eigenvalue weighted by atomic mass is 35.5. The molecule has 1 aliphatic heterocycles. The summed E-state index contributed by atoms with van der Waals surface area (Å²) in [6.07, 6.45) is 5.48. The van der Waals surface area contributed by atoms with E-state index in [0.29, 0.717) is 17.7 Å². The van der Waals surface area contributed by atoms with E-state index in [-0.39, 0.29) is 17.4 Å². The fourth-order valence-electron chi connectivity index (χ4n) is 5.19. The van der Waals surface area contributed by atoms with Gasteiger partial charge in [-0.15, -0.1) is 11.6 Å². The molecule has 154 valence electrons. The van der Waals surface area contributed by atoms with Gasteiger partial charge in [-0.25, -0.2) is 0 Å². The van der Waals surface area contributed by atoms with Crippen LogP contribution in [0.1, 0.15) is 73.1 Å². The molecule has 1 saturated carbocycles. The quantitative estimate of drug-likeness (QED) is 0.458. The summed E-state index contributed by atoms with van der Waals surface area (Å²) in [6.45, 7) is 12.7. The Kier molecular flexibility index (Phi) is 8.24. The van der Waals surface area contributed by atoms with Gasteiger partial charge in [0, 0.05) is 18.5 Å². The van der Waals surface area contributed by atoms with Crippen LogP contribution in [-0.4, -0.2) is 52.1 Å². The molecule has 5 heteroatoms. The number of nitrogens with one attached hydrogen (secondary N) is 1. The molecule has 0 bridgehead atoms. The molecule has 0 spiro atoms. The van der Waals surface area contributed by atoms with Crippen molar-refractivity contribution in [3.8, 4) is 0 Å². The van der Waals surface area contributed by atoms with Gasteiger partial charge in [0.2, 0.25) is 0 Å². The molecule has 3 unspecified atom stereocenters. The van der Waals surface area contributed by atoms with Gasteiger partial charge in [0.1, 0.15) is 12.5 Å². The Bertz CT molecular complexity index is 424. The number of nitrogens with zero attached hydrogens (tertiary/aromatic N) is 1. The van der Waals surface area contributed by atoms with Crippen LogP contribution >= 0.6 is 11.6 Å². The Balaban J connectivity index is 2.00. The summed E-state index contributed by atoms with van der Waals surface area (Å²) in [5.74, 6) is 1.74. The maximum Gasteiger partial charge on any atom is 0.123 e. The number of aliphatic hydroxyl groups excluding tert-OH is 2. The van der Waals surface area contributed by atoms with Crippen molar-refractivity contribution in [1.82, 2.24) is 10.2 Å². The van der Waals surface area contributed by atoms with E-state index < -0.39 is 12.5 Å². The van der Waals surface area contributed by atoms with Gasteiger partial charge in [-0.1, -0.05) is 34.6 Å². The minimum atomic E-state index is -0.562. The van der Waals surface area contributed by atoms with Gasteiger partial charge in [0.25, 0.3) is 0 Å². The van der Waals surface area contributed by atoms with E-state index in [0.717, 1.165) is 38.3 Å². The molecule has 0 amide bonds. The molecule has 0 aromatic heterocycles. The highest BCUT2D eigenvalue weighted by Gasteiger charge is 2.43. The van der Waals surface area contributed by atoms with Crippen LogP contribution in [0, 0.1) is 23.2 Å². The maximum atomic E-state index is 11.0. The van der Waals surface area contributed by atoms with E-state index in [9.17, 15) is 10.2 Å². The lowest BCUT2D eigenvalue weighted by atomic mass is 9.64. The van der Waals surface area contributed by atoms with Gasteiger partial charge < -0.3 is 10.2 Å². The van der Waals surface area contributed by atoms with Crippen LogP contribution in [0.15, 0.2) is 0 Å². The van der Waals surface area contributed by atoms with E-state index in [1.165, 1.54) is 12.8 Å². The van der Waals surface area contributed by atoms with Crippen molar-refractivity contribution in [3.63, 3.8) is 0 Å². The van der Waals surface area contributed by atoms with Crippen molar-refractivity contribution in [2.24, 2.45) is 23.2 Å². The third-order valence-corrected chi connectivity index (χ3v) is 7.23. The lowest BCUT2D eigenvalue weighted by molar-refractivity contribution is -0.101. The standard InChI is InChI=1S/C21H41ClN2O2/c1-6-18(25)23-19(14(2)3)20(26)24-12-11-17(21(4,5)13-24)15-7-9-16(22)10-8-15/h14-20,23,25-26H,6-13H2,1-5H3/t15?,16?,17?,18?,19-,20?/m1/s1. The zero-order chi connectivity index (χ0) is 19.5. The summed E-state index contributed by atoms with van der Waals surface area (Å²) in [5, 5.41) is 24.6. The predicted molar refractivity (Wildman–Crippen MR) is 109 cm³/mol. The van der Waals surface area contributed by atoms with E-state index in [4.69, 9.17) is 11.6 Å². The molecule has 2 fully saturated rings.